The van der Waals surface area contributed by atoms with Crippen LogP contribution in [0.5, 0.6) is 0 Å². The Morgan fingerprint density at radius 1 is 1.24 bits per heavy atom. The molecule has 4 nitrogen and oxygen atoms in total. The molecule has 0 bridgehead atoms. The molecule has 0 radical (unpaired) electrons. The third kappa shape index (κ3) is 2.38. The van der Waals surface area contributed by atoms with Crippen molar-refractivity contribution < 1.29 is 13.9 Å². The minimum Gasteiger partial charge on any atom is -0.461 e. The lowest BCUT2D eigenvalue weighted by Crippen LogP contribution is -2.09. The van der Waals surface area contributed by atoms with Gasteiger partial charge in [-0.2, -0.15) is 0 Å². The maximum Gasteiger partial charge on any atom is 0.355 e. The lowest BCUT2D eigenvalue weighted by atomic mass is 10.1. The van der Waals surface area contributed by atoms with Crippen LogP contribution in [0.15, 0.2) is 48.8 Å². The molecule has 21 heavy (non-hydrogen) atoms. The molecule has 0 aliphatic heterocycles. The van der Waals surface area contributed by atoms with Gasteiger partial charge in [-0.1, -0.05) is 6.07 Å². The molecule has 0 fully saturated rings. The first-order chi connectivity index (χ1) is 10.2. The topological polar surface area (TPSA) is 43.6 Å². The molecular formula is C16H13FN2O2. The minimum atomic E-state index is -0.397. The Morgan fingerprint density at radius 2 is 2.00 bits per heavy atom. The van der Waals surface area contributed by atoms with E-state index >= 15 is 0 Å². The zero-order valence-electron chi connectivity index (χ0n) is 11.4. The molecule has 0 saturated carbocycles. The maximum absolute atomic E-state index is 13.0. The fraction of sp³-hybridized carbons (Fsp3) is 0.125. The van der Waals surface area contributed by atoms with Gasteiger partial charge >= 0.3 is 5.97 Å². The highest BCUT2D eigenvalue weighted by molar-refractivity contribution is 5.90. The van der Waals surface area contributed by atoms with Gasteiger partial charge in [-0.25, -0.2) is 14.2 Å². The molecule has 0 atom stereocenters. The Kier molecular flexibility index (Phi) is 3.39. The molecule has 0 spiro atoms. The van der Waals surface area contributed by atoms with E-state index in [2.05, 4.69) is 4.98 Å². The fourth-order valence-corrected chi connectivity index (χ4v) is 2.22. The van der Waals surface area contributed by atoms with E-state index in [0.717, 1.165) is 11.1 Å². The van der Waals surface area contributed by atoms with Crippen molar-refractivity contribution in [3.05, 3.63) is 60.3 Å². The number of carbonyl (C=O) groups excluding carboxylic acids is 1. The molecule has 2 heterocycles. The molecule has 5 heteroatoms. The van der Waals surface area contributed by atoms with Crippen molar-refractivity contribution in [2.75, 3.05) is 6.61 Å². The zero-order chi connectivity index (χ0) is 14.8. The predicted molar refractivity (Wildman–Crippen MR) is 76.5 cm³/mol. The highest BCUT2D eigenvalue weighted by Crippen LogP contribution is 2.24. The summed E-state index contributed by atoms with van der Waals surface area (Å²) in [5, 5.41) is 0. The van der Waals surface area contributed by atoms with E-state index in [4.69, 9.17) is 4.74 Å². The SMILES string of the molecule is CCOC(=O)c1cccc2c(-c3ccc(F)cc3)ncn12. The highest BCUT2D eigenvalue weighted by Gasteiger charge is 2.14. The van der Waals surface area contributed by atoms with Crippen LogP contribution in [0.4, 0.5) is 4.39 Å². The Balaban J connectivity index is 2.13. The largest absolute Gasteiger partial charge is 0.461 e. The molecular weight excluding hydrogens is 271 g/mol. The van der Waals surface area contributed by atoms with Crippen LogP contribution < -0.4 is 0 Å². The Bertz CT molecular complexity index is 794. The summed E-state index contributed by atoms with van der Waals surface area (Å²) in [5.74, 6) is -0.694. The quantitative estimate of drug-likeness (QED) is 0.693. The normalized spacial score (nSPS) is 10.8. The molecule has 3 rings (SSSR count). The second-order valence-electron chi connectivity index (χ2n) is 4.49. The molecule has 106 valence electrons. The number of aromatic nitrogens is 2. The van der Waals surface area contributed by atoms with Gasteiger partial charge in [0.15, 0.2) is 0 Å². The van der Waals surface area contributed by atoms with Crippen LogP contribution in [0.25, 0.3) is 16.8 Å². The molecule has 2 aromatic heterocycles. The average molecular weight is 284 g/mol. The second-order valence-corrected chi connectivity index (χ2v) is 4.49. The van der Waals surface area contributed by atoms with Gasteiger partial charge in [0.05, 0.1) is 17.8 Å². The Hall–Kier alpha value is -2.69. The van der Waals surface area contributed by atoms with Crippen LogP contribution >= 0.6 is 0 Å². The van der Waals surface area contributed by atoms with Crippen molar-refractivity contribution in [3.63, 3.8) is 0 Å². The fourth-order valence-electron chi connectivity index (χ4n) is 2.22. The van der Waals surface area contributed by atoms with E-state index < -0.39 is 5.97 Å². The molecule has 1 aromatic carbocycles. The number of carbonyl (C=O) groups is 1. The van der Waals surface area contributed by atoms with Gasteiger partial charge in [0.1, 0.15) is 17.8 Å². The first kappa shape index (κ1) is 13.3. The highest BCUT2D eigenvalue weighted by atomic mass is 19.1. The summed E-state index contributed by atoms with van der Waals surface area (Å²) in [4.78, 5) is 16.3. The van der Waals surface area contributed by atoms with Crippen LogP contribution in [0, 0.1) is 5.82 Å². The van der Waals surface area contributed by atoms with Gasteiger partial charge in [0, 0.05) is 5.56 Å². The smallest absolute Gasteiger partial charge is 0.355 e. The number of imidazole rings is 1. The number of nitrogens with zero attached hydrogens (tertiary/aromatic N) is 2. The lowest BCUT2D eigenvalue weighted by Gasteiger charge is -2.05. The molecule has 3 aromatic rings. The number of benzene rings is 1. The van der Waals surface area contributed by atoms with Crippen molar-refractivity contribution in [2.45, 2.75) is 6.92 Å². The predicted octanol–water partition coefficient (Wildman–Crippen LogP) is 3.32. The molecule has 0 saturated heterocycles. The molecule has 0 aliphatic rings. The van der Waals surface area contributed by atoms with Gasteiger partial charge in [-0.15, -0.1) is 0 Å². The van der Waals surface area contributed by atoms with Gasteiger partial charge < -0.3 is 4.74 Å². The molecule has 0 aliphatic carbocycles. The number of halogens is 1. The Labute approximate surface area is 120 Å². The summed E-state index contributed by atoms with van der Waals surface area (Å²) in [6.45, 7) is 2.07. The number of hydrogen-bond donors (Lipinski definition) is 0. The van der Waals surface area contributed by atoms with Crippen molar-refractivity contribution in [1.82, 2.24) is 9.38 Å². The van der Waals surface area contributed by atoms with Gasteiger partial charge in [-0.05, 0) is 43.3 Å². The van der Waals surface area contributed by atoms with Crippen LogP contribution in [0.2, 0.25) is 0 Å². The van der Waals surface area contributed by atoms with Crippen LogP contribution in [0.1, 0.15) is 17.4 Å². The Morgan fingerprint density at radius 3 is 2.71 bits per heavy atom. The minimum absolute atomic E-state index is 0.297. The van der Waals surface area contributed by atoms with E-state index in [0.29, 0.717) is 18.0 Å². The monoisotopic (exact) mass is 284 g/mol. The van der Waals surface area contributed by atoms with Crippen molar-refractivity contribution in [2.24, 2.45) is 0 Å². The van der Waals surface area contributed by atoms with E-state index in [1.165, 1.54) is 12.1 Å². The van der Waals surface area contributed by atoms with Gasteiger partial charge in [0.2, 0.25) is 0 Å². The summed E-state index contributed by atoms with van der Waals surface area (Å²) >= 11 is 0. The number of pyridine rings is 1. The van der Waals surface area contributed by atoms with Crippen LogP contribution in [0.3, 0.4) is 0 Å². The summed E-state index contributed by atoms with van der Waals surface area (Å²) in [5.41, 5.74) is 2.67. The van der Waals surface area contributed by atoms with Crippen molar-refractivity contribution in [1.29, 1.82) is 0 Å². The number of hydrogen-bond acceptors (Lipinski definition) is 3. The summed E-state index contributed by atoms with van der Waals surface area (Å²) in [6.07, 6.45) is 1.57. The van der Waals surface area contributed by atoms with Crippen LogP contribution in [-0.2, 0) is 4.74 Å². The molecule has 0 unspecified atom stereocenters. The maximum atomic E-state index is 13.0. The van der Waals surface area contributed by atoms with E-state index in [-0.39, 0.29) is 5.82 Å². The number of esters is 1. The zero-order valence-corrected chi connectivity index (χ0v) is 11.4. The number of ether oxygens (including phenoxy) is 1. The summed E-state index contributed by atoms with van der Waals surface area (Å²) in [6, 6.07) is 11.4. The summed E-state index contributed by atoms with van der Waals surface area (Å²) < 4.78 is 19.7. The second kappa shape index (κ2) is 5.36. The number of fused-ring (bicyclic) bond motifs is 1. The van der Waals surface area contributed by atoms with E-state index in [9.17, 15) is 9.18 Å². The first-order valence-electron chi connectivity index (χ1n) is 6.60. The summed E-state index contributed by atoms with van der Waals surface area (Å²) in [7, 11) is 0. The third-order valence-electron chi connectivity index (χ3n) is 3.17. The van der Waals surface area contributed by atoms with Crippen molar-refractivity contribution in [3.8, 4) is 11.3 Å². The van der Waals surface area contributed by atoms with Crippen molar-refractivity contribution >= 4 is 11.5 Å². The van der Waals surface area contributed by atoms with Gasteiger partial charge in [0.25, 0.3) is 0 Å². The first-order valence-corrected chi connectivity index (χ1v) is 6.60. The molecule has 0 amide bonds. The third-order valence-corrected chi connectivity index (χ3v) is 3.17. The average Bonchev–Trinajstić information content (AvgIpc) is 2.92. The molecule has 0 N–H and O–H groups in total. The van der Waals surface area contributed by atoms with Gasteiger partial charge in [-0.3, -0.25) is 4.40 Å². The van der Waals surface area contributed by atoms with E-state index in [1.807, 2.05) is 6.07 Å². The lowest BCUT2D eigenvalue weighted by molar-refractivity contribution is 0.0517. The standard InChI is InChI=1S/C16H13FN2O2/c1-2-21-16(20)14-5-3-4-13-15(18-10-19(13)14)11-6-8-12(17)9-7-11/h3-10H,2H2,1H3. The number of rotatable bonds is 3. The van der Waals surface area contributed by atoms with E-state index in [1.54, 1.807) is 41.9 Å². The van der Waals surface area contributed by atoms with Crippen LogP contribution in [-0.4, -0.2) is 22.0 Å².